The summed E-state index contributed by atoms with van der Waals surface area (Å²) in [6.07, 6.45) is 0. The Morgan fingerprint density at radius 2 is 2.16 bits per heavy atom. The summed E-state index contributed by atoms with van der Waals surface area (Å²) in [6, 6.07) is 9.51. The van der Waals surface area contributed by atoms with Gasteiger partial charge in [-0.2, -0.15) is 10.4 Å². The molecule has 1 heterocycles. The number of aromatic nitrogens is 2. The molecule has 0 saturated carbocycles. The Morgan fingerprint density at radius 3 is 2.68 bits per heavy atom. The van der Waals surface area contributed by atoms with Crippen molar-refractivity contribution in [1.82, 2.24) is 9.78 Å². The maximum atomic E-state index is 9.20. The van der Waals surface area contributed by atoms with Gasteiger partial charge in [0.25, 0.3) is 0 Å². The summed E-state index contributed by atoms with van der Waals surface area (Å²) < 4.78 is 6.75. The van der Waals surface area contributed by atoms with Gasteiger partial charge < -0.3 is 4.74 Å². The molecule has 1 aromatic carbocycles. The van der Waals surface area contributed by atoms with E-state index in [1.54, 1.807) is 11.8 Å². The van der Waals surface area contributed by atoms with Crippen LogP contribution in [0.15, 0.2) is 24.3 Å². The van der Waals surface area contributed by atoms with Crippen molar-refractivity contribution in [3.05, 3.63) is 40.7 Å². The summed E-state index contributed by atoms with van der Waals surface area (Å²) in [4.78, 5) is 0. The minimum atomic E-state index is 0.138. The van der Waals surface area contributed by atoms with Crippen molar-refractivity contribution in [2.45, 2.75) is 19.8 Å². The molecule has 98 valence electrons. The lowest BCUT2D eigenvalue weighted by molar-refractivity contribution is 0.414. The van der Waals surface area contributed by atoms with Gasteiger partial charge in [-0.1, -0.05) is 31.5 Å². The van der Waals surface area contributed by atoms with E-state index < -0.39 is 0 Å². The summed E-state index contributed by atoms with van der Waals surface area (Å²) in [5.74, 6) is 0.854. The van der Waals surface area contributed by atoms with E-state index in [9.17, 15) is 5.26 Å². The normalized spacial score (nSPS) is 10.5. The van der Waals surface area contributed by atoms with Gasteiger partial charge in [-0.25, -0.2) is 4.68 Å². The van der Waals surface area contributed by atoms with Crippen LogP contribution in [0, 0.1) is 11.3 Å². The van der Waals surface area contributed by atoms with Crippen molar-refractivity contribution < 1.29 is 4.74 Å². The van der Waals surface area contributed by atoms with E-state index in [0.29, 0.717) is 22.2 Å². The van der Waals surface area contributed by atoms with E-state index >= 15 is 0 Å². The highest BCUT2D eigenvalue weighted by molar-refractivity contribution is 6.31. The van der Waals surface area contributed by atoms with Gasteiger partial charge in [0.2, 0.25) is 0 Å². The van der Waals surface area contributed by atoms with E-state index in [1.165, 1.54) is 0 Å². The third-order valence-corrected chi connectivity index (χ3v) is 3.16. The second-order valence-electron chi connectivity index (χ2n) is 4.43. The van der Waals surface area contributed by atoms with Gasteiger partial charge in [0.1, 0.15) is 17.4 Å². The highest BCUT2D eigenvalue weighted by Crippen LogP contribution is 2.28. The van der Waals surface area contributed by atoms with Gasteiger partial charge in [-0.3, -0.25) is 0 Å². The molecule has 19 heavy (non-hydrogen) atoms. The smallest absolute Gasteiger partial charge is 0.150 e. The van der Waals surface area contributed by atoms with Gasteiger partial charge >= 0.3 is 0 Å². The average molecular weight is 276 g/mol. The fourth-order valence-electron chi connectivity index (χ4n) is 1.83. The number of methoxy groups -OCH3 is 1. The first-order chi connectivity index (χ1) is 9.08. The predicted octanol–water partition coefficient (Wildman–Crippen LogP) is 3.53. The second-order valence-corrected chi connectivity index (χ2v) is 4.79. The Kier molecular flexibility index (Phi) is 3.77. The largest absolute Gasteiger partial charge is 0.497 e. The van der Waals surface area contributed by atoms with Crippen LogP contribution < -0.4 is 4.74 Å². The van der Waals surface area contributed by atoms with E-state index in [0.717, 1.165) is 5.69 Å². The Hall–Kier alpha value is -1.99. The number of rotatable bonds is 3. The molecule has 0 atom stereocenters. The molecule has 0 aliphatic heterocycles. The first-order valence-electron chi connectivity index (χ1n) is 5.91. The fourth-order valence-corrected chi connectivity index (χ4v) is 2.11. The molecular formula is C14H14ClN3O. The molecule has 5 heteroatoms. The zero-order valence-corrected chi connectivity index (χ0v) is 11.8. The Balaban J connectivity index is 2.60. The molecule has 0 aliphatic carbocycles. The molecule has 0 N–H and O–H groups in total. The summed E-state index contributed by atoms with van der Waals surface area (Å²) in [7, 11) is 1.60. The van der Waals surface area contributed by atoms with Crippen LogP contribution in [0.5, 0.6) is 5.75 Å². The van der Waals surface area contributed by atoms with E-state index in [1.807, 2.05) is 38.1 Å². The zero-order chi connectivity index (χ0) is 14.0. The zero-order valence-electron chi connectivity index (χ0n) is 11.0. The fraction of sp³-hybridized carbons (Fsp3) is 0.286. The molecule has 0 bridgehead atoms. The quantitative estimate of drug-likeness (QED) is 0.861. The summed E-state index contributed by atoms with van der Waals surface area (Å²) in [5, 5.41) is 14.0. The minimum absolute atomic E-state index is 0.138. The van der Waals surface area contributed by atoms with Crippen LogP contribution in [0.4, 0.5) is 0 Å². The molecule has 0 unspecified atom stereocenters. The van der Waals surface area contributed by atoms with Gasteiger partial charge in [-0.05, 0) is 18.1 Å². The Bertz CT molecular complexity index is 641. The standard InChI is InChI=1S/C14H14ClN3O/c1-9(2)13-12(8-16)14(15)18(17-13)10-5-4-6-11(7-10)19-3/h4-7,9H,1-3H3. The van der Waals surface area contributed by atoms with Gasteiger partial charge in [0.15, 0.2) is 5.15 Å². The van der Waals surface area contributed by atoms with Crippen molar-refractivity contribution in [3.63, 3.8) is 0 Å². The Labute approximate surface area is 117 Å². The predicted molar refractivity (Wildman–Crippen MR) is 73.9 cm³/mol. The lowest BCUT2D eigenvalue weighted by atomic mass is 10.1. The van der Waals surface area contributed by atoms with Crippen molar-refractivity contribution in [1.29, 1.82) is 5.26 Å². The van der Waals surface area contributed by atoms with E-state index in [-0.39, 0.29) is 5.92 Å². The molecule has 0 radical (unpaired) electrons. The topological polar surface area (TPSA) is 50.8 Å². The maximum Gasteiger partial charge on any atom is 0.150 e. The third-order valence-electron chi connectivity index (χ3n) is 2.81. The highest BCUT2D eigenvalue weighted by Gasteiger charge is 2.19. The molecular weight excluding hydrogens is 262 g/mol. The van der Waals surface area contributed by atoms with Gasteiger partial charge in [0, 0.05) is 6.07 Å². The summed E-state index contributed by atoms with van der Waals surface area (Å²) >= 11 is 6.24. The van der Waals surface area contributed by atoms with Gasteiger partial charge in [-0.15, -0.1) is 0 Å². The van der Waals surface area contributed by atoms with Crippen LogP contribution in [-0.2, 0) is 0 Å². The number of hydrogen-bond acceptors (Lipinski definition) is 3. The average Bonchev–Trinajstić information content (AvgIpc) is 2.76. The molecule has 0 aliphatic rings. The Morgan fingerprint density at radius 1 is 1.42 bits per heavy atom. The third kappa shape index (κ3) is 2.42. The SMILES string of the molecule is COc1cccc(-n2nc(C(C)C)c(C#N)c2Cl)c1. The number of halogens is 1. The highest BCUT2D eigenvalue weighted by atomic mass is 35.5. The van der Waals surface area contributed by atoms with Crippen molar-refractivity contribution in [3.8, 4) is 17.5 Å². The minimum Gasteiger partial charge on any atom is -0.497 e. The first kappa shape index (κ1) is 13.4. The van der Waals surface area contributed by atoms with Crippen LogP contribution in [0.1, 0.15) is 31.0 Å². The number of hydrogen-bond donors (Lipinski definition) is 0. The molecule has 0 amide bonds. The van der Waals surface area contributed by atoms with Crippen LogP contribution in [0.25, 0.3) is 5.69 Å². The number of nitrogens with zero attached hydrogens (tertiary/aromatic N) is 3. The maximum absolute atomic E-state index is 9.20. The van der Waals surface area contributed by atoms with Crippen LogP contribution >= 0.6 is 11.6 Å². The number of ether oxygens (including phenoxy) is 1. The lowest BCUT2D eigenvalue weighted by Gasteiger charge is -2.05. The summed E-state index contributed by atoms with van der Waals surface area (Å²) in [5.41, 5.74) is 1.91. The molecule has 0 fully saturated rings. The summed E-state index contributed by atoms with van der Waals surface area (Å²) in [6.45, 7) is 3.96. The molecule has 0 spiro atoms. The van der Waals surface area contributed by atoms with E-state index in [4.69, 9.17) is 16.3 Å². The molecule has 4 nitrogen and oxygen atoms in total. The first-order valence-corrected chi connectivity index (χ1v) is 6.29. The molecule has 2 aromatic rings. The molecule has 1 aromatic heterocycles. The van der Waals surface area contributed by atoms with Crippen LogP contribution in [0.3, 0.4) is 0 Å². The monoisotopic (exact) mass is 275 g/mol. The number of nitriles is 1. The van der Waals surface area contributed by atoms with Crippen molar-refractivity contribution in [2.24, 2.45) is 0 Å². The van der Waals surface area contributed by atoms with Crippen molar-refractivity contribution in [2.75, 3.05) is 7.11 Å². The van der Waals surface area contributed by atoms with E-state index in [2.05, 4.69) is 11.2 Å². The molecule has 2 rings (SSSR count). The van der Waals surface area contributed by atoms with Gasteiger partial charge in [0.05, 0.1) is 18.5 Å². The van der Waals surface area contributed by atoms with Crippen LogP contribution in [0.2, 0.25) is 5.15 Å². The second kappa shape index (κ2) is 5.33. The van der Waals surface area contributed by atoms with Crippen molar-refractivity contribution >= 4 is 11.6 Å². The lowest BCUT2D eigenvalue weighted by Crippen LogP contribution is -1.98. The van der Waals surface area contributed by atoms with Crippen LogP contribution in [-0.4, -0.2) is 16.9 Å². The number of benzene rings is 1. The molecule has 0 saturated heterocycles.